The summed E-state index contributed by atoms with van der Waals surface area (Å²) in [5.41, 5.74) is 1.18. The first kappa shape index (κ1) is 20.0. The Morgan fingerprint density at radius 3 is 1.94 bits per heavy atom. The quantitative estimate of drug-likeness (QED) is 0.769. The molecule has 0 atom stereocenters. The first-order chi connectivity index (χ1) is 7.86. The minimum atomic E-state index is 0. The molecule has 1 saturated heterocycles. The second-order valence-electron chi connectivity index (χ2n) is 4.11. The number of likely N-dealkylation sites (tertiary alicyclic amines) is 1. The fourth-order valence-corrected chi connectivity index (χ4v) is 2.02. The van der Waals surface area contributed by atoms with Gasteiger partial charge in [0.05, 0.1) is 0 Å². The summed E-state index contributed by atoms with van der Waals surface area (Å²) in [6, 6.07) is 9.96. The van der Waals surface area contributed by atoms with Gasteiger partial charge in [-0.3, -0.25) is 0 Å². The highest BCUT2D eigenvalue weighted by atomic mass is 35.5. The summed E-state index contributed by atoms with van der Waals surface area (Å²) in [5, 5.41) is 0. The molecule has 18 heavy (non-hydrogen) atoms. The van der Waals surface area contributed by atoms with Crippen molar-refractivity contribution in [2.24, 2.45) is 0 Å². The third-order valence-electron chi connectivity index (χ3n) is 2.89. The molecule has 0 aromatic heterocycles. The van der Waals surface area contributed by atoms with Crippen LogP contribution in [0.3, 0.4) is 0 Å². The van der Waals surface area contributed by atoms with Crippen LogP contribution in [0, 0.1) is 0 Å². The number of hydrogen-bond acceptors (Lipinski definition) is 1. The van der Waals surface area contributed by atoms with Gasteiger partial charge in [-0.15, -0.1) is 24.0 Å². The van der Waals surface area contributed by atoms with E-state index in [1.165, 1.54) is 44.5 Å². The number of nitrogens with zero attached hydrogens (tertiary/aromatic N) is 1. The lowest BCUT2D eigenvalue weighted by atomic mass is 10.1. The van der Waals surface area contributed by atoms with Crippen molar-refractivity contribution in [1.29, 1.82) is 0 Å². The Morgan fingerprint density at radius 1 is 1.06 bits per heavy atom. The van der Waals surface area contributed by atoms with Crippen LogP contribution in [0.5, 0.6) is 0 Å². The summed E-state index contributed by atoms with van der Waals surface area (Å²) in [5.74, 6) is 0.612. The summed E-state index contributed by atoms with van der Waals surface area (Å²) >= 11 is 5.53. The highest BCUT2D eigenvalue weighted by Crippen LogP contribution is 2.06. The van der Waals surface area contributed by atoms with Crippen LogP contribution in [0.15, 0.2) is 30.3 Å². The molecule has 1 fully saturated rings. The van der Waals surface area contributed by atoms with Crippen molar-refractivity contribution in [1.82, 2.24) is 4.90 Å². The minimum absolute atomic E-state index is 0. The Balaban J connectivity index is 0. The molecule has 0 aliphatic carbocycles. The van der Waals surface area contributed by atoms with Crippen LogP contribution < -0.4 is 0 Å². The Hall–Kier alpha value is -0.280. The van der Waals surface area contributed by atoms with E-state index in [4.69, 9.17) is 11.6 Å². The second-order valence-corrected chi connectivity index (χ2v) is 4.38. The Kier molecular flexibility index (Phi) is 14.7. The van der Waals surface area contributed by atoms with Crippen LogP contribution in [0.4, 0.5) is 0 Å². The molecule has 2 N–H and O–H groups in total. The topological polar surface area (TPSA) is 34.7 Å². The van der Waals surface area contributed by atoms with Gasteiger partial charge in [0.25, 0.3) is 0 Å². The largest absolute Gasteiger partial charge is 0.412 e. The fraction of sp³-hybridized carbons (Fsp3) is 0.571. The van der Waals surface area contributed by atoms with Gasteiger partial charge < -0.3 is 10.4 Å². The molecule has 0 bridgehead atoms. The zero-order valence-electron chi connectivity index (χ0n) is 11.1. The molecular weight excluding hydrogens is 269 g/mol. The third-order valence-corrected chi connectivity index (χ3v) is 3.20. The maximum Gasteiger partial charge on any atom is 0.0474 e. The van der Waals surface area contributed by atoms with Gasteiger partial charge in [-0.2, -0.15) is 0 Å². The van der Waals surface area contributed by atoms with E-state index in [-0.39, 0.29) is 17.9 Å². The van der Waals surface area contributed by atoms with Crippen LogP contribution >= 0.6 is 24.0 Å². The van der Waals surface area contributed by atoms with Gasteiger partial charge in [-0.1, -0.05) is 43.7 Å². The molecule has 0 radical (unpaired) electrons. The van der Waals surface area contributed by atoms with Crippen molar-refractivity contribution >= 4 is 24.0 Å². The van der Waals surface area contributed by atoms with Gasteiger partial charge in [-0.25, -0.2) is 0 Å². The van der Waals surface area contributed by atoms with Crippen LogP contribution in [-0.4, -0.2) is 30.0 Å². The molecule has 106 valence electrons. The zero-order valence-corrected chi connectivity index (χ0v) is 12.6. The van der Waals surface area contributed by atoms with Crippen molar-refractivity contribution in [3.63, 3.8) is 0 Å². The van der Waals surface area contributed by atoms with Crippen LogP contribution in [0.2, 0.25) is 0 Å². The highest BCUT2D eigenvalue weighted by molar-refractivity contribution is 6.17. The van der Waals surface area contributed by atoms with Gasteiger partial charge in [0.2, 0.25) is 0 Å². The standard InChI is InChI=1S/C7H7Cl.C7H15N.ClH.H2O/c8-6-7-4-2-1-3-5-7;1-2-8-6-4-3-5-7-8;;/h1-5H,6H2;2-7H2,1H3;1H;1H2. The van der Waals surface area contributed by atoms with E-state index in [0.29, 0.717) is 5.88 Å². The molecule has 1 aromatic rings. The summed E-state index contributed by atoms with van der Waals surface area (Å²) in [6.45, 7) is 6.18. The molecule has 2 rings (SSSR count). The van der Waals surface area contributed by atoms with Crippen molar-refractivity contribution < 1.29 is 5.48 Å². The average molecular weight is 294 g/mol. The van der Waals surface area contributed by atoms with Gasteiger partial charge in [0.1, 0.15) is 0 Å². The van der Waals surface area contributed by atoms with E-state index in [1.807, 2.05) is 30.3 Å². The summed E-state index contributed by atoms with van der Waals surface area (Å²) in [6.07, 6.45) is 4.30. The number of rotatable bonds is 2. The predicted molar refractivity (Wildman–Crippen MR) is 82.8 cm³/mol. The van der Waals surface area contributed by atoms with Gasteiger partial charge >= 0.3 is 0 Å². The first-order valence-corrected chi connectivity index (χ1v) is 6.72. The SMILES string of the molecule is CCN1CCCCC1.Cl.ClCc1ccccc1.O. The summed E-state index contributed by atoms with van der Waals surface area (Å²) < 4.78 is 0. The lowest BCUT2D eigenvalue weighted by Gasteiger charge is -2.24. The molecule has 4 heteroatoms. The van der Waals surface area contributed by atoms with Gasteiger partial charge in [0.15, 0.2) is 0 Å². The van der Waals surface area contributed by atoms with Crippen LogP contribution in [0.1, 0.15) is 31.7 Å². The minimum Gasteiger partial charge on any atom is -0.412 e. The second kappa shape index (κ2) is 13.2. The smallest absolute Gasteiger partial charge is 0.0474 e. The van der Waals surface area contributed by atoms with E-state index in [1.54, 1.807) is 0 Å². The highest BCUT2D eigenvalue weighted by Gasteiger charge is 2.05. The van der Waals surface area contributed by atoms with E-state index >= 15 is 0 Å². The van der Waals surface area contributed by atoms with E-state index in [0.717, 1.165) is 0 Å². The van der Waals surface area contributed by atoms with Crippen molar-refractivity contribution in [2.45, 2.75) is 32.1 Å². The number of benzene rings is 1. The molecule has 1 aliphatic heterocycles. The average Bonchev–Trinajstić information content (AvgIpc) is 2.41. The normalized spacial score (nSPS) is 14.6. The third kappa shape index (κ3) is 8.76. The summed E-state index contributed by atoms with van der Waals surface area (Å²) in [7, 11) is 0. The van der Waals surface area contributed by atoms with E-state index < -0.39 is 0 Å². The van der Waals surface area contributed by atoms with Gasteiger partial charge in [0, 0.05) is 5.88 Å². The number of piperidine rings is 1. The van der Waals surface area contributed by atoms with Gasteiger partial charge in [-0.05, 0) is 38.0 Å². The molecule has 2 nitrogen and oxygen atoms in total. The Labute approximate surface area is 122 Å². The maximum atomic E-state index is 5.53. The lowest BCUT2D eigenvalue weighted by Crippen LogP contribution is -2.29. The number of alkyl halides is 1. The number of halogens is 2. The Morgan fingerprint density at radius 2 is 1.61 bits per heavy atom. The maximum absolute atomic E-state index is 5.53. The molecule has 1 aromatic carbocycles. The molecule has 0 spiro atoms. The van der Waals surface area contributed by atoms with E-state index in [9.17, 15) is 0 Å². The molecule has 0 amide bonds. The monoisotopic (exact) mass is 293 g/mol. The van der Waals surface area contributed by atoms with E-state index in [2.05, 4.69) is 11.8 Å². The Bertz CT molecular complexity index is 264. The fourth-order valence-electron chi connectivity index (χ4n) is 1.84. The molecule has 1 heterocycles. The summed E-state index contributed by atoms with van der Waals surface area (Å²) in [4.78, 5) is 2.52. The van der Waals surface area contributed by atoms with Crippen molar-refractivity contribution in [2.75, 3.05) is 19.6 Å². The lowest BCUT2D eigenvalue weighted by molar-refractivity contribution is 0.240. The first-order valence-electron chi connectivity index (χ1n) is 6.19. The molecule has 0 unspecified atom stereocenters. The predicted octanol–water partition coefficient (Wildman–Crippen LogP) is 3.51. The van der Waals surface area contributed by atoms with Crippen LogP contribution in [0.25, 0.3) is 0 Å². The number of hydrogen-bond donors (Lipinski definition) is 0. The zero-order chi connectivity index (χ0) is 11.6. The van der Waals surface area contributed by atoms with Crippen molar-refractivity contribution in [3.05, 3.63) is 35.9 Å². The van der Waals surface area contributed by atoms with Crippen LogP contribution in [-0.2, 0) is 5.88 Å². The molecule has 0 saturated carbocycles. The molecule has 1 aliphatic rings. The van der Waals surface area contributed by atoms with Crippen molar-refractivity contribution in [3.8, 4) is 0 Å². The molecular formula is C14H25Cl2NO.